The molecule has 1 N–H and O–H groups in total. The second-order valence-corrected chi connectivity index (χ2v) is 6.14. The lowest BCUT2D eigenvalue weighted by Crippen LogP contribution is -2.22. The van der Waals surface area contributed by atoms with Crippen LogP contribution in [0.5, 0.6) is 0 Å². The molecule has 1 atom stereocenters. The Balaban J connectivity index is 1.95. The lowest BCUT2D eigenvalue weighted by Gasteiger charge is -2.18. The number of hydrogen-bond acceptors (Lipinski definition) is 2. The van der Waals surface area contributed by atoms with E-state index >= 15 is 0 Å². The van der Waals surface area contributed by atoms with Crippen molar-refractivity contribution < 1.29 is 4.39 Å². The van der Waals surface area contributed by atoms with Gasteiger partial charge in [0.25, 0.3) is 0 Å². The number of benzene rings is 2. The molecule has 3 heteroatoms. The Bertz CT molecular complexity index is 530. The van der Waals surface area contributed by atoms with Crippen molar-refractivity contribution in [1.29, 1.82) is 0 Å². The fourth-order valence-corrected chi connectivity index (χ4v) is 3.32. The summed E-state index contributed by atoms with van der Waals surface area (Å²) in [6.45, 7) is 3.82. The van der Waals surface area contributed by atoms with Gasteiger partial charge in [0.2, 0.25) is 0 Å². The van der Waals surface area contributed by atoms with Crippen LogP contribution in [0, 0.1) is 5.82 Å². The maximum atomic E-state index is 14.0. The third kappa shape index (κ3) is 5.18. The molecule has 2 rings (SSSR count). The lowest BCUT2D eigenvalue weighted by molar-refractivity contribution is 0.539. The van der Waals surface area contributed by atoms with Crippen LogP contribution in [0.1, 0.15) is 24.8 Å². The van der Waals surface area contributed by atoms with Crippen molar-refractivity contribution in [3.63, 3.8) is 0 Å². The van der Waals surface area contributed by atoms with Crippen LogP contribution in [0.25, 0.3) is 0 Å². The van der Waals surface area contributed by atoms with E-state index in [9.17, 15) is 4.39 Å². The SMILES string of the molecule is CCNCC(CCSc1ccccc1)c1ccccc1F. The van der Waals surface area contributed by atoms with Gasteiger partial charge in [-0.05, 0) is 42.5 Å². The molecule has 0 fully saturated rings. The zero-order chi connectivity index (χ0) is 14.9. The number of halogens is 1. The molecule has 2 aromatic carbocycles. The van der Waals surface area contributed by atoms with E-state index in [0.717, 1.165) is 30.8 Å². The van der Waals surface area contributed by atoms with Gasteiger partial charge >= 0.3 is 0 Å². The highest BCUT2D eigenvalue weighted by Gasteiger charge is 2.14. The highest BCUT2D eigenvalue weighted by atomic mass is 32.2. The number of nitrogens with one attached hydrogen (secondary N) is 1. The minimum atomic E-state index is -0.0925. The standard InChI is InChI=1S/C18H22FNS/c1-2-20-14-15(17-10-6-7-11-18(17)19)12-13-21-16-8-4-3-5-9-16/h3-11,15,20H,2,12-14H2,1H3. The average molecular weight is 303 g/mol. The lowest BCUT2D eigenvalue weighted by atomic mass is 9.96. The number of rotatable bonds is 8. The molecule has 0 bridgehead atoms. The maximum Gasteiger partial charge on any atom is 0.126 e. The first-order valence-corrected chi connectivity index (χ1v) is 8.42. The maximum absolute atomic E-state index is 14.0. The van der Waals surface area contributed by atoms with Gasteiger partial charge in [-0.2, -0.15) is 0 Å². The summed E-state index contributed by atoms with van der Waals surface area (Å²) in [6, 6.07) is 17.5. The van der Waals surface area contributed by atoms with Crippen molar-refractivity contribution in [2.45, 2.75) is 24.2 Å². The van der Waals surface area contributed by atoms with Crippen LogP contribution in [0.15, 0.2) is 59.5 Å². The number of thioether (sulfide) groups is 1. The second-order valence-electron chi connectivity index (χ2n) is 4.98. The van der Waals surface area contributed by atoms with Gasteiger partial charge in [0.1, 0.15) is 5.82 Å². The number of likely N-dealkylation sites (N-methyl/N-ethyl adjacent to an activating group) is 1. The van der Waals surface area contributed by atoms with Crippen molar-refractivity contribution in [2.24, 2.45) is 0 Å². The van der Waals surface area contributed by atoms with Gasteiger partial charge < -0.3 is 5.32 Å². The Kier molecular flexibility index (Phi) is 6.77. The van der Waals surface area contributed by atoms with E-state index < -0.39 is 0 Å². The first-order valence-electron chi connectivity index (χ1n) is 7.44. The third-order valence-corrected chi connectivity index (χ3v) is 4.51. The van der Waals surface area contributed by atoms with E-state index in [1.54, 1.807) is 12.1 Å². The van der Waals surface area contributed by atoms with Crippen molar-refractivity contribution >= 4 is 11.8 Å². The molecule has 0 saturated carbocycles. The largest absolute Gasteiger partial charge is 0.316 e. The van der Waals surface area contributed by atoms with Crippen molar-refractivity contribution in [3.8, 4) is 0 Å². The Hall–Kier alpha value is -1.32. The first-order chi connectivity index (χ1) is 10.3. The second kappa shape index (κ2) is 8.85. The predicted octanol–water partition coefficient (Wildman–Crippen LogP) is 4.70. The first kappa shape index (κ1) is 16.1. The molecule has 1 unspecified atom stereocenters. The molecule has 0 aliphatic carbocycles. The fraction of sp³-hybridized carbons (Fsp3) is 0.333. The quantitative estimate of drug-likeness (QED) is 0.709. The molecule has 0 heterocycles. The van der Waals surface area contributed by atoms with Gasteiger partial charge in [-0.3, -0.25) is 0 Å². The molecular weight excluding hydrogens is 281 g/mol. The smallest absolute Gasteiger partial charge is 0.126 e. The van der Waals surface area contributed by atoms with Crippen LogP contribution >= 0.6 is 11.8 Å². The highest BCUT2D eigenvalue weighted by molar-refractivity contribution is 7.99. The molecule has 0 radical (unpaired) electrons. The van der Waals surface area contributed by atoms with Crippen LogP contribution in [0.4, 0.5) is 4.39 Å². The predicted molar refractivity (Wildman–Crippen MR) is 89.5 cm³/mol. The summed E-state index contributed by atoms with van der Waals surface area (Å²) in [5.74, 6) is 1.13. The Morgan fingerprint density at radius 1 is 1.05 bits per heavy atom. The van der Waals surface area contributed by atoms with E-state index in [-0.39, 0.29) is 11.7 Å². The zero-order valence-corrected chi connectivity index (χ0v) is 13.2. The van der Waals surface area contributed by atoms with Crippen LogP contribution < -0.4 is 5.32 Å². The molecular formula is C18H22FNS. The molecule has 0 aromatic heterocycles. The Labute approximate surface area is 131 Å². The van der Waals surface area contributed by atoms with Crippen molar-refractivity contribution in [3.05, 3.63) is 66.0 Å². The Morgan fingerprint density at radius 2 is 1.76 bits per heavy atom. The van der Waals surface area contributed by atoms with E-state index in [0.29, 0.717) is 0 Å². The molecule has 0 saturated heterocycles. The molecule has 0 spiro atoms. The Morgan fingerprint density at radius 3 is 2.48 bits per heavy atom. The summed E-state index contributed by atoms with van der Waals surface area (Å²) in [5, 5.41) is 3.35. The van der Waals surface area contributed by atoms with Crippen molar-refractivity contribution in [1.82, 2.24) is 5.32 Å². The highest BCUT2D eigenvalue weighted by Crippen LogP contribution is 2.26. The van der Waals surface area contributed by atoms with Crippen LogP contribution in [0.2, 0.25) is 0 Å². The summed E-state index contributed by atoms with van der Waals surface area (Å²) in [4.78, 5) is 1.27. The molecule has 0 amide bonds. The van der Waals surface area contributed by atoms with Gasteiger partial charge in [0, 0.05) is 17.4 Å². The minimum absolute atomic E-state index is 0.0925. The van der Waals surface area contributed by atoms with Crippen LogP contribution in [-0.2, 0) is 0 Å². The summed E-state index contributed by atoms with van der Waals surface area (Å²) in [6.07, 6.45) is 0.966. The van der Waals surface area contributed by atoms with Gasteiger partial charge in [0.05, 0.1) is 0 Å². The topological polar surface area (TPSA) is 12.0 Å². The van der Waals surface area contributed by atoms with E-state index in [4.69, 9.17) is 0 Å². The fourth-order valence-electron chi connectivity index (χ4n) is 2.33. The van der Waals surface area contributed by atoms with E-state index in [2.05, 4.69) is 36.5 Å². The molecule has 0 aliphatic rings. The number of hydrogen-bond donors (Lipinski definition) is 1. The molecule has 2 aromatic rings. The summed E-state index contributed by atoms with van der Waals surface area (Å²) in [7, 11) is 0. The average Bonchev–Trinajstić information content (AvgIpc) is 2.52. The van der Waals surface area contributed by atoms with E-state index in [1.165, 1.54) is 4.90 Å². The zero-order valence-electron chi connectivity index (χ0n) is 12.4. The van der Waals surface area contributed by atoms with Gasteiger partial charge in [-0.25, -0.2) is 4.39 Å². The van der Waals surface area contributed by atoms with Gasteiger partial charge in [-0.15, -0.1) is 11.8 Å². The molecule has 1 nitrogen and oxygen atoms in total. The summed E-state index contributed by atoms with van der Waals surface area (Å²) in [5.41, 5.74) is 0.826. The van der Waals surface area contributed by atoms with E-state index in [1.807, 2.05) is 30.0 Å². The van der Waals surface area contributed by atoms with Gasteiger partial charge in [-0.1, -0.05) is 43.3 Å². The van der Waals surface area contributed by atoms with Crippen molar-refractivity contribution in [2.75, 3.05) is 18.8 Å². The molecule has 112 valence electrons. The van der Waals surface area contributed by atoms with Crippen LogP contribution in [-0.4, -0.2) is 18.8 Å². The summed E-state index contributed by atoms with van der Waals surface area (Å²) >= 11 is 1.83. The third-order valence-electron chi connectivity index (χ3n) is 3.46. The summed E-state index contributed by atoms with van der Waals surface area (Å²) < 4.78 is 14.0. The normalized spacial score (nSPS) is 12.3. The van der Waals surface area contributed by atoms with Crippen LogP contribution in [0.3, 0.4) is 0 Å². The molecule has 0 aliphatic heterocycles. The van der Waals surface area contributed by atoms with Gasteiger partial charge in [0.15, 0.2) is 0 Å². The molecule has 21 heavy (non-hydrogen) atoms. The minimum Gasteiger partial charge on any atom is -0.316 e. The monoisotopic (exact) mass is 303 g/mol.